The number of nitro benzene ring substituents is 1. The molecule has 1 heterocycles. The van der Waals surface area contributed by atoms with Gasteiger partial charge in [-0.05, 0) is 61.0 Å². The van der Waals surface area contributed by atoms with Gasteiger partial charge in [0.2, 0.25) is 5.91 Å². The molecule has 0 aliphatic rings. The van der Waals surface area contributed by atoms with Gasteiger partial charge in [-0.25, -0.2) is 8.78 Å². The third-order valence-corrected chi connectivity index (χ3v) is 5.79. The van der Waals surface area contributed by atoms with E-state index in [1.54, 1.807) is 23.6 Å². The molecule has 3 aromatic carbocycles. The first-order chi connectivity index (χ1) is 16.3. The number of carbonyl (C=O) groups excluding carboxylic acids is 1. The Morgan fingerprint density at radius 3 is 2.32 bits per heavy atom. The predicted octanol–water partition coefficient (Wildman–Crippen LogP) is 5.16. The molecule has 172 valence electrons. The van der Waals surface area contributed by atoms with Crippen molar-refractivity contribution in [1.82, 2.24) is 14.8 Å². The van der Waals surface area contributed by atoms with Crippen LogP contribution in [0.1, 0.15) is 5.56 Å². The van der Waals surface area contributed by atoms with Crippen molar-refractivity contribution in [1.29, 1.82) is 0 Å². The fourth-order valence-corrected chi connectivity index (χ4v) is 4.00. The first-order valence-corrected chi connectivity index (χ1v) is 11.0. The molecule has 0 saturated carbocycles. The number of para-hydroxylation sites is 1. The van der Waals surface area contributed by atoms with Crippen LogP contribution in [0.5, 0.6) is 0 Å². The number of nitro groups is 1. The lowest BCUT2D eigenvalue weighted by Gasteiger charge is -2.11. The van der Waals surface area contributed by atoms with Crippen molar-refractivity contribution in [3.63, 3.8) is 0 Å². The number of nitrogens with zero attached hydrogens (tertiary/aromatic N) is 4. The van der Waals surface area contributed by atoms with E-state index >= 15 is 0 Å². The molecule has 0 fully saturated rings. The Bertz CT molecular complexity index is 1360. The topological polar surface area (TPSA) is 103 Å². The number of hydrogen-bond donors (Lipinski definition) is 1. The van der Waals surface area contributed by atoms with Crippen LogP contribution >= 0.6 is 11.8 Å². The lowest BCUT2D eigenvalue weighted by atomic mass is 10.1. The minimum absolute atomic E-state index is 0.117. The van der Waals surface area contributed by atoms with Crippen LogP contribution < -0.4 is 5.32 Å². The second kappa shape index (κ2) is 9.79. The van der Waals surface area contributed by atoms with Gasteiger partial charge in [-0.3, -0.25) is 19.5 Å². The third kappa shape index (κ3) is 4.94. The first kappa shape index (κ1) is 23.1. The van der Waals surface area contributed by atoms with Gasteiger partial charge in [0.25, 0.3) is 5.69 Å². The van der Waals surface area contributed by atoms with E-state index in [1.807, 2.05) is 0 Å². The van der Waals surface area contributed by atoms with Crippen LogP contribution in [0, 0.1) is 28.7 Å². The summed E-state index contributed by atoms with van der Waals surface area (Å²) in [6, 6.07) is 15.8. The van der Waals surface area contributed by atoms with Gasteiger partial charge in [0.1, 0.15) is 17.3 Å². The smallest absolute Gasteiger partial charge is 0.293 e. The lowest BCUT2D eigenvalue weighted by Crippen LogP contribution is -2.16. The quantitative estimate of drug-likeness (QED) is 0.222. The minimum Gasteiger partial charge on any atom is -0.319 e. The molecule has 0 unspecified atom stereocenters. The molecule has 0 saturated heterocycles. The number of hydrogen-bond acceptors (Lipinski definition) is 6. The number of thioether (sulfide) groups is 1. The van der Waals surface area contributed by atoms with Gasteiger partial charge in [-0.1, -0.05) is 23.9 Å². The molecule has 4 aromatic rings. The van der Waals surface area contributed by atoms with E-state index in [1.165, 1.54) is 54.6 Å². The molecule has 0 bridgehead atoms. The number of rotatable bonds is 7. The summed E-state index contributed by atoms with van der Waals surface area (Å²) in [6.07, 6.45) is 0. The Morgan fingerprint density at radius 2 is 1.68 bits per heavy atom. The number of carbonyl (C=O) groups is 1. The summed E-state index contributed by atoms with van der Waals surface area (Å²) < 4.78 is 28.5. The van der Waals surface area contributed by atoms with Crippen LogP contribution in [0.2, 0.25) is 0 Å². The number of aromatic nitrogens is 3. The van der Waals surface area contributed by atoms with Crippen molar-refractivity contribution in [3.8, 4) is 17.1 Å². The summed E-state index contributed by atoms with van der Waals surface area (Å²) in [5.41, 5.74) is 1.60. The zero-order valence-electron chi connectivity index (χ0n) is 17.7. The molecule has 0 spiro atoms. The van der Waals surface area contributed by atoms with Crippen molar-refractivity contribution in [2.45, 2.75) is 12.1 Å². The average molecular weight is 481 g/mol. The normalized spacial score (nSPS) is 10.8. The van der Waals surface area contributed by atoms with Gasteiger partial charge in [-0.2, -0.15) is 0 Å². The number of anilines is 1. The fourth-order valence-electron chi connectivity index (χ4n) is 3.24. The number of benzene rings is 3. The molecular weight excluding hydrogens is 464 g/mol. The van der Waals surface area contributed by atoms with E-state index in [9.17, 15) is 23.7 Å². The summed E-state index contributed by atoms with van der Waals surface area (Å²) in [5, 5.41) is 22.6. The van der Waals surface area contributed by atoms with E-state index in [2.05, 4.69) is 15.5 Å². The van der Waals surface area contributed by atoms with Crippen LogP contribution in [0.15, 0.2) is 71.9 Å². The number of nitrogens with one attached hydrogen (secondary N) is 1. The SMILES string of the molecule is Cc1cccc([N+](=O)[O-])c1NC(=O)CSc1nnc(-c2ccc(F)cc2)n1-c1ccc(F)cc1. The van der Waals surface area contributed by atoms with E-state index in [4.69, 9.17) is 0 Å². The molecular formula is C23H17F2N5O3S. The maximum absolute atomic E-state index is 13.5. The highest BCUT2D eigenvalue weighted by Gasteiger charge is 2.20. The predicted molar refractivity (Wildman–Crippen MR) is 124 cm³/mol. The second-order valence-corrected chi connectivity index (χ2v) is 8.13. The van der Waals surface area contributed by atoms with E-state index < -0.39 is 22.5 Å². The van der Waals surface area contributed by atoms with Crippen LogP contribution in [0.3, 0.4) is 0 Å². The monoisotopic (exact) mass is 481 g/mol. The van der Waals surface area contributed by atoms with Crippen molar-refractivity contribution in [2.75, 3.05) is 11.1 Å². The second-order valence-electron chi connectivity index (χ2n) is 7.19. The van der Waals surface area contributed by atoms with Gasteiger partial charge >= 0.3 is 0 Å². The minimum atomic E-state index is -0.560. The molecule has 8 nitrogen and oxygen atoms in total. The van der Waals surface area contributed by atoms with Gasteiger partial charge < -0.3 is 5.32 Å². The maximum Gasteiger partial charge on any atom is 0.293 e. The summed E-state index contributed by atoms with van der Waals surface area (Å²) in [6.45, 7) is 1.66. The van der Waals surface area contributed by atoms with Crippen LogP contribution in [0.4, 0.5) is 20.2 Å². The number of halogens is 2. The fraction of sp³-hybridized carbons (Fsp3) is 0.0870. The molecule has 1 N–H and O–H groups in total. The van der Waals surface area contributed by atoms with Crippen LogP contribution in [-0.4, -0.2) is 31.3 Å². The Labute approximate surface area is 196 Å². The summed E-state index contributed by atoms with van der Waals surface area (Å²) in [4.78, 5) is 23.4. The average Bonchev–Trinajstić information content (AvgIpc) is 3.24. The van der Waals surface area contributed by atoms with Crippen molar-refractivity contribution in [3.05, 3.63) is 94.0 Å². The largest absolute Gasteiger partial charge is 0.319 e. The summed E-state index contributed by atoms with van der Waals surface area (Å²) in [7, 11) is 0. The molecule has 11 heteroatoms. The highest BCUT2D eigenvalue weighted by molar-refractivity contribution is 7.99. The Balaban J connectivity index is 1.61. The Morgan fingerprint density at radius 1 is 1.03 bits per heavy atom. The molecule has 34 heavy (non-hydrogen) atoms. The van der Waals surface area contributed by atoms with E-state index in [0.717, 1.165) is 11.8 Å². The van der Waals surface area contributed by atoms with Crippen molar-refractivity contribution in [2.24, 2.45) is 0 Å². The van der Waals surface area contributed by atoms with Crippen LogP contribution in [0.25, 0.3) is 17.1 Å². The molecule has 0 aliphatic carbocycles. The molecule has 4 rings (SSSR count). The van der Waals surface area contributed by atoms with Gasteiger partial charge in [0, 0.05) is 17.3 Å². The first-order valence-electron chi connectivity index (χ1n) is 9.97. The molecule has 1 aromatic heterocycles. The lowest BCUT2D eigenvalue weighted by molar-refractivity contribution is -0.384. The molecule has 1 amide bonds. The number of amides is 1. The van der Waals surface area contributed by atoms with Crippen molar-refractivity contribution >= 4 is 29.0 Å². The Kier molecular flexibility index (Phi) is 6.64. The van der Waals surface area contributed by atoms with Crippen LogP contribution in [-0.2, 0) is 4.79 Å². The number of aryl methyl sites for hydroxylation is 1. The summed E-state index contributed by atoms with van der Waals surface area (Å²) in [5.74, 6) is -1.04. The highest BCUT2D eigenvalue weighted by Crippen LogP contribution is 2.30. The van der Waals surface area contributed by atoms with Gasteiger partial charge in [0.15, 0.2) is 11.0 Å². The van der Waals surface area contributed by atoms with Gasteiger partial charge in [0.05, 0.1) is 10.7 Å². The highest BCUT2D eigenvalue weighted by atomic mass is 32.2. The molecule has 0 atom stereocenters. The Hall–Kier alpha value is -4.12. The summed E-state index contributed by atoms with van der Waals surface area (Å²) >= 11 is 1.05. The van der Waals surface area contributed by atoms with E-state index in [-0.39, 0.29) is 17.1 Å². The zero-order chi connectivity index (χ0) is 24.2. The standard InChI is InChI=1S/C23H17F2N5O3S/c1-14-3-2-4-19(30(32)33)21(14)26-20(31)13-34-23-28-27-22(15-5-7-16(24)8-6-15)29(23)18-11-9-17(25)10-12-18/h2-12H,13H2,1H3,(H,26,31). The van der Waals surface area contributed by atoms with Crippen molar-refractivity contribution < 1.29 is 18.5 Å². The van der Waals surface area contributed by atoms with Gasteiger partial charge in [-0.15, -0.1) is 10.2 Å². The molecule has 0 radical (unpaired) electrons. The zero-order valence-corrected chi connectivity index (χ0v) is 18.6. The van der Waals surface area contributed by atoms with E-state index in [0.29, 0.717) is 27.8 Å². The molecule has 0 aliphatic heterocycles. The third-order valence-electron chi connectivity index (χ3n) is 4.86. The maximum atomic E-state index is 13.5.